The van der Waals surface area contributed by atoms with Crippen molar-refractivity contribution in [3.05, 3.63) is 24.4 Å². The Morgan fingerprint density at radius 1 is 1.38 bits per heavy atom. The van der Waals surface area contributed by atoms with E-state index in [1.54, 1.807) is 0 Å². The molecule has 1 fully saturated rings. The van der Waals surface area contributed by atoms with Crippen LogP contribution in [0.15, 0.2) is 24.4 Å². The van der Waals surface area contributed by atoms with Gasteiger partial charge in [-0.3, -0.25) is 0 Å². The molecule has 1 saturated heterocycles. The first-order valence-corrected chi connectivity index (χ1v) is 5.05. The summed E-state index contributed by atoms with van der Waals surface area (Å²) in [6, 6.07) is 6.78. The number of rotatable bonds is 1. The summed E-state index contributed by atoms with van der Waals surface area (Å²) < 4.78 is 0. The molecule has 2 heteroatoms. The summed E-state index contributed by atoms with van der Waals surface area (Å²) in [4.78, 5) is 6.78. The van der Waals surface area contributed by atoms with Crippen LogP contribution in [0.25, 0.3) is 0 Å². The first-order chi connectivity index (χ1) is 6.38. The predicted molar refractivity (Wildman–Crippen MR) is 54.9 cm³/mol. The van der Waals surface area contributed by atoms with Crippen LogP contribution in [0.2, 0.25) is 0 Å². The minimum absolute atomic E-state index is 0.656. The number of piperidine rings is 1. The highest BCUT2D eigenvalue weighted by molar-refractivity contribution is 5.39. The van der Waals surface area contributed by atoms with E-state index in [0.29, 0.717) is 6.04 Å². The highest BCUT2D eigenvalue weighted by atomic mass is 15.2. The second kappa shape index (κ2) is 3.77. The van der Waals surface area contributed by atoms with Gasteiger partial charge in [0.15, 0.2) is 0 Å². The lowest BCUT2D eigenvalue weighted by Gasteiger charge is -2.34. The second-order valence-corrected chi connectivity index (χ2v) is 3.73. The lowest BCUT2D eigenvalue weighted by molar-refractivity contribution is 0.481. The molecular formula is C11H16N2. The molecule has 1 aromatic rings. The topological polar surface area (TPSA) is 16.1 Å². The Kier molecular flexibility index (Phi) is 2.48. The molecule has 0 radical (unpaired) electrons. The van der Waals surface area contributed by atoms with Gasteiger partial charge in [0.1, 0.15) is 5.82 Å². The molecule has 0 unspecified atom stereocenters. The van der Waals surface area contributed by atoms with E-state index < -0.39 is 0 Å². The average molecular weight is 176 g/mol. The normalized spacial score (nSPS) is 23.2. The molecule has 2 rings (SSSR count). The van der Waals surface area contributed by atoms with Gasteiger partial charge in [0.25, 0.3) is 0 Å². The van der Waals surface area contributed by atoms with Crippen LogP contribution in [-0.2, 0) is 0 Å². The van der Waals surface area contributed by atoms with Crippen LogP contribution in [0.5, 0.6) is 0 Å². The minimum atomic E-state index is 0.656. The highest BCUT2D eigenvalue weighted by Crippen LogP contribution is 2.21. The Morgan fingerprint density at radius 2 is 2.31 bits per heavy atom. The van der Waals surface area contributed by atoms with Crippen molar-refractivity contribution in [1.82, 2.24) is 4.98 Å². The van der Waals surface area contributed by atoms with E-state index in [-0.39, 0.29) is 0 Å². The number of anilines is 1. The van der Waals surface area contributed by atoms with Crippen LogP contribution in [0, 0.1) is 0 Å². The third-order valence-electron chi connectivity index (χ3n) is 2.75. The Labute approximate surface area is 79.6 Å². The SMILES string of the molecule is C[C@@H]1CCCCN1c1ccccn1. The maximum absolute atomic E-state index is 4.38. The van der Waals surface area contributed by atoms with Crippen molar-refractivity contribution in [2.75, 3.05) is 11.4 Å². The van der Waals surface area contributed by atoms with Crippen LogP contribution in [0.4, 0.5) is 5.82 Å². The van der Waals surface area contributed by atoms with Crippen molar-refractivity contribution in [3.8, 4) is 0 Å². The first-order valence-electron chi connectivity index (χ1n) is 5.05. The van der Waals surface area contributed by atoms with Gasteiger partial charge < -0.3 is 4.90 Å². The number of hydrogen-bond acceptors (Lipinski definition) is 2. The molecule has 1 aromatic heterocycles. The predicted octanol–water partition coefficient (Wildman–Crippen LogP) is 2.46. The molecule has 0 spiro atoms. The summed E-state index contributed by atoms with van der Waals surface area (Å²) in [5, 5.41) is 0. The summed E-state index contributed by atoms with van der Waals surface area (Å²) >= 11 is 0. The summed E-state index contributed by atoms with van der Waals surface area (Å²) in [6.45, 7) is 3.45. The monoisotopic (exact) mass is 176 g/mol. The van der Waals surface area contributed by atoms with Gasteiger partial charge in [0, 0.05) is 18.8 Å². The summed E-state index contributed by atoms with van der Waals surface area (Å²) in [7, 11) is 0. The van der Waals surface area contributed by atoms with E-state index in [2.05, 4.69) is 28.9 Å². The fourth-order valence-corrected chi connectivity index (χ4v) is 1.96. The van der Waals surface area contributed by atoms with Gasteiger partial charge in [-0.1, -0.05) is 6.07 Å². The van der Waals surface area contributed by atoms with Crippen LogP contribution in [0.1, 0.15) is 26.2 Å². The van der Waals surface area contributed by atoms with Crippen molar-refractivity contribution < 1.29 is 0 Å². The summed E-state index contributed by atoms with van der Waals surface area (Å²) in [6.07, 6.45) is 5.85. The number of hydrogen-bond donors (Lipinski definition) is 0. The van der Waals surface area contributed by atoms with Gasteiger partial charge in [-0.25, -0.2) is 4.98 Å². The largest absolute Gasteiger partial charge is 0.354 e. The Morgan fingerprint density at radius 3 is 3.00 bits per heavy atom. The molecule has 1 aliphatic rings. The molecule has 1 atom stereocenters. The van der Waals surface area contributed by atoms with Crippen LogP contribution in [-0.4, -0.2) is 17.6 Å². The molecule has 0 amide bonds. The molecule has 0 saturated carbocycles. The molecule has 70 valence electrons. The van der Waals surface area contributed by atoms with Gasteiger partial charge in [0.05, 0.1) is 0 Å². The maximum atomic E-state index is 4.38. The van der Waals surface area contributed by atoms with Gasteiger partial charge in [0.2, 0.25) is 0 Å². The second-order valence-electron chi connectivity index (χ2n) is 3.73. The van der Waals surface area contributed by atoms with E-state index in [1.807, 2.05) is 12.3 Å². The molecule has 0 aromatic carbocycles. The molecule has 0 bridgehead atoms. The van der Waals surface area contributed by atoms with E-state index in [0.717, 1.165) is 12.4 Å². The van der Waals surface area contributed by atoms with Gasteiger partial charge in [-0.15, -0.1) is 0 Å². The van der Waals surface area contributed by atoms with E-state index in [1.165, 1.54) is 19.3 Å². The van der Waals surface area contributed by atoms with Crippen LogP contribution >= 0.6 is 0 Å². The fraction of sp³-hybridized carbons (Fsp3) is 0.545. The van der Waals surface area contributed by atoms with Crippen LogP contribution in [0.3, 0.4) is 0 Å². The summed E-state index contributed by atoms with van der Waals surface area (Å²) in [5.74, 6) is 1.13. The lowest BCUT2D eigenvalue weighted by Crippen LogP contribution is -2.37. The zero-order valence-corrected chi connectivity index (χ0v) is 8.11. The molecule has 0 aliphatic carbocycles. The fourth-order valence-electron chi connectivity index (χ4n) is 1.96. The number of nitrogens with zero attached hydrogens (tertiary/aromatic N) is 2. The third kappa shape index (κ3) is 1.82. The zero-order chi connectivity index (χ0) is 9.10. The molecule has 2 nitrogen and oxygen atoms in total. The van der Waals surface area contributed by atoms with Crippen molar-refractivity contribution in [2.45, 2.75) is 32.2 Å². The van der Waals surface area contributed by atoms with Crippen molar-refractivity contribution in [1.29, 1.82) is 0 Å². The minimum Gasteiger partial charge on any atom is -0.354 e. The first kappa shape index (κ1) is 8.54. The number of aromatic nitrogens is 1. The van der Waals surface area contributed by atoms with Gasteiger partial charge in [-0.2, -0.15) is 0 Å². The standard InChI is InChI=1S/C11H16N2/c1-10-6-3-5-9-13(10)11-7-2-4-8-12-11/h2,4,7-8,10H,3,5-6,9H2,1H3/t10-/m1/s1. The average Bonchev–Trinajstić information content (AvgIpc) is 2.20. The van der Waals surface area contributed by atoms with E-state index >= 15 is 0 Å². The third-order valence-corrected chi connectivity index (χ3v) is 2.75. The van der Waals surface area contributed by atoms with Crippen molar-refractivity contribution in [2.24, 2.45) is 0 Å². The van der Waals surface area contributed by atoms with E-state index in [4.69, 9.17) is 0 Å². The molecule has 2 heterocycles. The zero-order valence-electron chi connectivity index (χ0n) is 8.11. The van der Waals surface area contributed by atoms with Crippen LogP contribution < -0.4 is 4.90 Å². The molecule has 13 heavy (non-hydrogen) atoms. The van der Waals surface area contributed by atoms with Gasteiger partial charge in [-0.05, 0) is 38.3 Å². The van der Waals surface area contributed by atoms with Gasteiger partial charge >= 0.3 is 0 Å². The highest BCUT2D eigenvalue weighted by Gasteiger charge is 2.18. The maximum Gasteiger partial charge on any atom is 0.128 e. The van der Waals surface area contributed by atoms with Crippen molar-refractivity contribution >= 4 is 5.82 Å². The Balaban J connectivity index is 2.15. The molecule has 1 aliphatic heterocycles. The lowest BCUT2D eigenvalue weighted by atomic mass is 10.0. The summed E-state index contributed by atoms with van der Waals surface area (Å²) in [5.41, 5.74) is 0. The van der Waals surface area contributed by atoms with E-state index in [9.17, 15) is 0 Å². The smallest absolute Gasteiger partial charge is 0.128 e. The quantitative estimate of drug-likeness (QED) is 0.653. The number of pyridine rings is 1. The molecular weight excluding hydrogens is 160 g/mol. The molecule has 0 N–H and O–H groups in total. The Bertz CT molecular complexity index is 258. The van der Waals surface area contributed by atoms with Crippen molar-refractivity contribution in [3.63, 3.8) is 0 Å². The Hall–Kier alpha value is -1.05.